The summed E-state index contributed by atoms with van der Waals surface area (Å²) in [6.45, 7) is 2.00. The standard InChI is InChI=1S/C19H15N7O/c1-13-9-14(24-19-16-3-2-7-25(16)22-12-21-19)4-5-17(13)27-15-6-8-26-18(10-15)20-11-23-26/h2-12H,1H3,(H,21,22,24). The summed E-state index contributed by atoms with van der Waals surface area (Å²) in [5.41, 5.74) is 3.58. The summed E-state index contributed by atoms with van der Waals surface area (Å²) in [6.07, 6.45) is 6.75. The third-order valence-corrected chi connectivity index (χ3v) is 4.25. The Bertz CT molecular complexity index is 1260. The van der Waals surface area contributed by atoms with Crippen molar-refractivity contribution < 1.29 is 4.74 Å². The van der Waals surface area contributed by atoms with E-state index in [-0.39, 0.29) is 0 Å². The Balaban J connectivity index is 1.40. The predicted molar refractivity (Wildman–Crippen MR) is 101 cm³/mol. The molecule has 0 aliphatic heterocycles. The number of hydrogen-bond acceptors (Lipinski definition) is 6. The Morgan fingerprint density at radius 3 is 2.74 bits per heavy atom. The number of anilines is 2. The predicted octanol–water partition coefficient (Wildman–Crippen LogP) is 3.62. The number of aromatic nitrogens is 6. The van der Waals surface area contributed by atoms with E-state index in [1.165, 1.54) is 12.7 Å². The highest BCUT2D eigenvalue weighted by Crippen LogP contribution is 2.29. The normalized spacial score (nSPS) is 11.1. The molecule has 0 amide bonds. The molecule has 4 heterocycles. The average Bonchev–Trinajstić information content (AvgIpc) is 3.33. The molecule has 0 saturated heterocycles. The first-order valence-corrected chi connectivity index (χ1v) is 8.39. The molecule has 5 rings (SSSR count). The van der Waals surface area contributed by atoms with Crippen LogP contribution >= 0.6 is 0 Å². The van der Waals surface area contributed by atoms with E-state index >= 15 is 0 Å². The van der Waals surface area contributed by atoms with Gasteiger partial charge in [0.15, 0.2) is 11.5 Å². The molecule has 8 nitrogen and oxygen atoms in total. The van der Waals surface area contributed by atoms with Crippen molar-refractivity contribution >= 4 is 22.7 Å². The van der Waals surface area contributed by atoms with E-state index in [1.807, 2.05) is 61.8 Å². The number of nitrogens with zero attached hydrogens (tertiary/aromatic N) is 6. The average molecular weight is 357 g/mol. The van der Waals surface area contributed by atoms with Crippen molar-refractivity contribution in [2.24, 2.45) is 0 Å². The van der Waals surface area contributed by atoms with Crippen LogP contribution in [-0.2, 0) is 0 Å². The van der Waals surface area contributed by atoms with Crippen molar-refractivity contribution in [2.45, 2.75) is 6.92 Å². The first kappa shape index (κ1) is 15.3. The lowest BCUT2D eigenvalue weighted by Gasteiger charge is -2.12. The van der Waals surface area contributed by atoms with Crippen LogP contribution in [-0.4, -0.2) is 29.2 Å². The molecular weight excluding hydrogens is 342 g/mol. The molecule has 27 heavy (non-hydrogen) atoms. The lowest BCUT2D eigenvalue weighted by atomic mass is 10.2. The second-order valence-corrected chi connectivity index (χ2v) is 6.08. The number of benzene rings is 1. The molecule has 4 aromatic heterocycles. The fourth-order valence-corrected chi connectivity index (χ4v) is 2.93. The Morgan fingerprint density at radius 1 is 0.926 bits per heavy atom. The van der Waals surface area contributed by atoms with Gasteiger partial charge < -0.3 is 10.1 Å². The van der Waals surface area contributed by atoms with Crippen molar-refractivity contribution in [3.63, 3.8) is 0 Å². The summed E-state index contributed by atoms with van der Waals surface area (Å²) in [5.74, 6) is 2.24. The van der Waals surface area contributed by atoms with Gasteiger partial charge in [0.05, 0.1) is 0 Å². The number of fused-ring (bicyclic) bond motifs is 2. The van der Waals surface area contributed by atoms with Crippen LogP contribution in [0.25, 0.3) is 11.2 Å². The fraction of sp³-hybridized carbons (Fsp3) is 0.0526. The molecule has 0 unspecified atom stereocenters. The summed E-state index contributed by atoms with van der Waals surface area (Å²) in [7, 11) is 0. The maximum atomic E-state index is 6.01. The molecule has 0 atom stereocenters. The number of pyridine rings is 1. The van der Waals surface area contributed by atoms with Gasteiger partial charge in [0, 0.05) is 24.1 Å². The molecule has 0 spiro atoms. The van der Waals surface area contributed by atoms with Crippen LogP contribution in [0.4, 0.5) is 11.5 Å². The van der Waals surface area contributed by atoms with Gasteiger partial charge in [-0.25, -0.2) is 19.0 Å². The molecule has 5 aromatic rings. The second kappa shape index (κ2) is 6.10. The zero-order chi connectivity index (χ0) is 18.2. The van der Waals surface area contributed by atoms with Gasteiger partial charge in [0.2, 0.25) is 0 Å². The van der Waals surface area contributed by atoms with Crippen molar-refractivity contribution in [2.75, 3.05) is 5.32 Å². The molecule has 1 N–H and O–H groups in total. The van der Waals surface area contributed by atoms with E-state index in [4.69, 9.17) is 4.74 Å². The van der Waals surface area contributed by atoms with Crippen LogP contribution in [0.5, 0.6) is 11.5 Å². The quantitative estimate of drug-likeness (QED) is 0.529. The molecule has 0 bridgehead atoms. The molecule has 0 aliphatic rings. The molecule has 0 aliphatic carbocycles. The SMILES string of the molecule is Cc1cc(Nc2ncnn3cccc23)ccc1Oc1ccn2ncnc2c1. The van der Waals surface area contributed by atoms with Gasteiger partial charge >= 0.3 is 0 Å². The number of rotatable bonds is 4. The first-order chi connectivity index (χ1) is 13.3. The summed E-state index contributed by atoms with van der Waals surface area (Å²) in [4.78, 5) is 8.50. The first-order valence-electron chi connectivity index (χ1n) is 8.39. The van der Waals surface area contributed by atoms with Gasteiger partial charge in [-0.15, -0.1) is 0 Å². The minimum Gasteiger partial charge on any atom is -0.457 e. The number of ether oxygens (including phenoxy) is 1. The zero-order valence-corrected chi connectivity index (χ0v) is 14.4. The topological polar surface area (TPSA) is 81.6 Å². The molecule has 0 fully saturated rings. The monoisotopic (exact) mass is 357 g/mol. The third kappa shape index (κ3) is 2.82. The Hall–Kier alpha value is -3.94. The summed E-state index contributed by atoms with van der Waals surface area (Å²) >= 11 is 0. The maximum Gasteiger partial charge on any atom is 0.158 e. The fourth-order valence-electron chi connectivity index (χ4n) is 2.93. The molecule has 132 valence electrons. The van der Waals surface area contributed by atoms with E-state index in [9.17, 15) is 0 Å². The third-order valence-electron chi connectivity index (χ3n) is 4.25. The largest absolute Gasteiger partial charge is 0.457 e. The van der Waals surface area contributed by atoms with Crippen molar-refractivity contribution in [3.8, 4) is 11.5 Å². The van der Waals surface area contributed by atoms with E-state index in [1.54, 1.807) is 9.03 Å². The lowest BCUT2D eigenvalue weighted by molar-refractivity contribution is 0.478. The Kier molecular flexibility index (Phi) is 3.46. The van der Waals surface area contributed by atoms with Crippen LogP contribution in [0, 0.1) is 6.92 Å². The van der Waals surface area contributed by atoms with Gasteiger partial charge in [-0.2, -0.15) is 10.2 Å². The van der Waals surface area contributed by atoms with Gasteiger partial charge in [-0.05, 0) is 48.9 Å². The number of aryl methyl sites for hydroxylation is 1. The minimum absolute atomic E-state index is 0.713. The van der Waals surface area contributed by atoms with Crippen LogP contribution < -0.4 is 10.1 Å². The number of hydrogen-bond donors (Lipinski definition) is 1. The molecular formula is C19H15N7O. The molecule has 1 aromatic carbocycles. The van der Waals surface area contributed by atoms with Gasteiger partial charge in [-0.3, -0.25) is 0 Å². The second-order valence-electron chi connectivity index (χ2n) is 6.08. The van der Waals surface area contributed by atoms with E-state index in [0.717, 1.165) is 34.0 Å². The van der Waals surface area contributed by atoms with Crippen LogP contribution in [0.1, 0.15) is 5.56 Å². The Morgan fingerprint density at radius 2 is 1.81 bits per heavy atom. The minimum atomic E-state index is 0.713. The zero-order valence-electron chi connectivity index (χ0n) is 14.4. The number of nitrogens with one attached hydrogen (secondary N) is 1. The van der Waals surface area contributed by atoms with Gasteiger partial charge in [0.1, 0.15) is 29.7 Å². The summed E-state index contributed by atoms with van der Waals surface area (Å²) in [6, 6.07) is 13.5. The van der Waals surface area contributed by atoms with Crippen molar-refractivity contribution in [3.05, 3.63) is 73.1 Å². The molecule has 8 heteroatoms. The van der Waals surface area contributed by atoms with Crippen molar-refractivity contribution in [1.82, 2.24) is 29.2 Å². The highest BCUT2D eigenvalue weighted by atomic mass is 16.5. The molecule has 0 saturated carbocycles. The van der Waals surface area contributed by atoms with Crippen molar-refractivity contribution in [1.29, 1.82) is 0 Å². The highest BCUT2D eigenvalue weighted by molar-refractivity contribution is 5.73. The van der Waals surface area contributed by atoms with Crippen LogP contribution in [0.15, 0.2) is 67.5 Å². The van der Waals surface area contributed by atoms with E-state index in [0.29, 0.717) is 5.75 Å². The van der Waals surface area contributed by atoms with Gasteiger partial charge in [0.25, 0.3) is 0 Å². The smallest absolute Gasteiger partial charge is 0.158 e. The van der Waals surface area contributed by atoms with Gasteiger partial charge in [-0.1, -0.05) is 0 Å². The van der Waals surface area contributed by atoms with Crippen LogP contribution in [0.2, 0.25) is 0 Å². The summed E-state index contributed by atoms with van der Waals surface area (Å²) in [5, 5.41) is 11.6. The highest BCUT2D eigenvalue weighted by Gasteiger charge is 2.07. The van der Waals surface area contributed by atoms with E-state index in [2.05, 4.69) is 25.5 Å². The maximum absolute atomic E-state index is 6.01. The van der Waals surface area contributed by atoms with E-state index < -0.39 is 0 Å². The lowest BCUT2D eigenvalue weighted by Crippen LogP contribution is -1.99. The molecule has 0 radical (unpaired) electrons. The van der Waals surface area contributed by atoms with Crippen LogP contribution in [0.3, 0.4) is 0 Å². The Labute approximate surface area is 154 Å². The summed E-state index contributed by atoms with van der Waals surface area (Å²) < 4.78 is 9.48.